The summed E-state index contributed by atoms with van der Waals surface area (Å²) in [6, 6.07) is 15.0. The van der Waals surface area contributed by atoms with Crippen molar-refractivity contribution in [2.45, 2.75) is 25.8 Å². The van der Waals surface area contributed by atoms with Crippen molar-refractivity contribution in [1.82, 2.24) is 9.88 Å². The van der Waals surface area contributed by atoms with Gasteiger partial charge in [0.25, 0.3) is 0 Å². The Morgan fingerprint density at radius 3 is 2.65 bits per heavy atom. The number of fused-ring (bicyclic) bond motifs is 2. The molecule has 1 aromatic heterocycles. The molecule has 2 aliphatic rings. The Kier molecular flexibility index (Phi) is 5.03. The van der Waals surface area contributed by atoms with E-state index in [0.29, 0.717) is 36.1 Å². The average Bonchev–Trinajstić information content (AvgIpc) is 2.82. The highest BCUT2D eigenvalue weighted by Gasteiger charge is 2.31. The van der Waals surface area contributed by atoms with E-state index in [0.717, 1.165) is 31.5 Å². The molecule has 1 fully saturated rings. The van der Waals surface area contributed by atoms with Gasteiger partial charge in [0, 0.05) is 43.7 Å². The number of benzene rings is 2. The smallest absolute Gasteiger partial charge is 0.226 e. The molecule has 0 bridgehead atoms. The number of anilines is 1. The minimum Gasteiger partial charge on any atom is -0.370 e. The molecule has 0 saturated carbocycles. The fourth-order valence-corrected chi connectivity index (χ4v) is 4.87. The first-order chi connectivity index (χ1) is 15.1. The summed E-state index contributed by atoms with van der Waals surface area (Å²) >= 11 is 0. The van der Waals surface area contributed by atoms with Crippen LogP contribution in [0.4, 0.5) is 10.1 Å². The van der Waals surface area contributed by atoms with E-state index in [1.54, 1.807) is 12.3 Å². The van der Waals surface area contributed by atoms with E-state index in [2.05, 4.69) is 34.2 Å². The number of carbonyl (C=O) groups excluding carboxylic acids is 1. The van der Waals surface area contributed by atoms with Crippen molar-refractivity contribution in [2.75, 3.05) is 24.5 Å². The number of nitriles is 1. The van der Waals surface area contributed by atoms with Crippen molar-refractivity contribution < 1.29 is 9.18 Å². The Morgan fingerprint density at radius 2 is 1.87 bits per heavy atom. The molecule has 2 aliphatic heterocycles. The highest BCUT2D eigenvalue weighted by molar-refractivity contribution is 5.94. The van der Waals surface area contributed by atoms with E-state index in [1.165, 1.54) is 23.3 Å². The minimum absolute atomic E-state index is 0.0168. The van der Waals surface area contributed by atoms with Gasteiger partial charge in [-0.2, -0.15) is 5.26 Å². The fourth-order valence-electron chi connectivity index (χ4n) is 4.87. The first kappa shape index (κ1) is 19.5. The van der Waals surface area contributed by atoms with Gasteiger partial charge in [0.1, 0.15) is 11.9 Å². The molecule has 0 atom stereocenters. The normalized spacial score (nSPS) is 16.8. The molecule has 6 heteroatoms. The maximum absolute atomic E-state index is 13.9. The molecule has 5 nitrogen and oxygen atoms in total. The molecular formula is C25H23FN4O. The quantitative estimate of drug-likeness (QED) is 0.635. The zero-order valence-electron chi connectivity index (χ0n) is 17.2. The third kappa shape index (κ3) is 3.61. The lowest BCUT2D eigenvalue weighted by Crippen LogP contribution is -2.44. The summed E-state index contributed by atoms with van der Waals surface area (Å²) in [5.41, 5.74) is 4.41. The molecule has 3 heterocycles. The summed E-state index contributed by atoms with van der Waals surface area (Å²) in [5, 5.41) is 10.2. The number of nitrogens with zero attached hydrogens (tertiary/aromatic N) is 4. The van der Waals surface area contributed by atoms with Gasteiger partial charge in [-0.15, -0.1) is 0 Å². The van der Waals surface area contributed by atoms with Crippen LogP contribution >= 0.6 is 0 Å². The van der Waals surface area contributed by atoms with Crippen LogP contribution in [0.15, 0.2) is 48.7 Å². The van der Waals surface area contributed by atoms with Gasteiger partial charge in [-0.05, 0) is 48.6 Å². The predicted octanol–water partition coefficient (Wildman–Crippen LogP) is 4.05. The van der Waals surface area contributed by atoms with Crippen LogP contribution in [0.3, 0.4) is 0 Å². The summed E-state index contributed by atoms with van der Waals surface area (Å²) in [7, 11) is 0. The number of pyridine rings is 1. The van der Waals surface area contributed by atoms with E-state index < -0.39 is 0 Å². The highest BCUT2D eigenvalue weighted by atomic mass is 19.1. The summed E-state index contributed by atoms with van der Waals surface area (Å²) < 4.78 is 13.9. The van der Waals surface area contributed by atoms with Crippen molar-refractivity contribution in [2.24, 2.45) is 5.92 Å². The zero-order valence-corrected chi connectivity index (χ0v) is 17.2. The molecule has 156 valence electrons. The summed E-state index contributed by atoms with van der Waals surface area (Å²) in [6.45, 7) is 2.77. The molecule has 0 N–H and O–H groups in total. The highest BCUT2D eigenvalue weighted by Crippen LogP contribution is 2.33. The minimum atomic E-state index is -0.346. The fraction of sp³-hybridized carbons (Fsp3) is 0.320. The molecule has 1 saturated heterocycles. The molecule has 1 amide bonds. The van der Waals surface area contributed by atoms with Gasteiger partial charge in [0.05, 0.1) is 16.8 Å². The molecule has 0 aliphatic carbocycles. The Balaban J connectivity index is 1.33. The topological polar surface area (TPSA) is 60.2 Å². The molecule has 0 spiro atoms. The molecule has 0 unspecified atom stereocenters. The molecule has 3 aromatic rings. The number of amides is 1. The van der Waals surface area contributed by atoms with Crippen LogP contribution in [0.2, 0.25) is 0 Å². The molecule has 31 heavy (non-hydrogen) atoms. The van der Waals surface area contributed by atoms with Crippen LogP contribution in [0.5, 0.6) is 0 Å². The van der Waals surface area contributed by atoms with E-state index in [9.17, 15) is 14.4 Å². The van der Waals surface area contributed by atoms with E-state index in [4.69, 9.17) is 0 Å². The summed E-state index contributed by atoms with van der Waals surface area (Å²) in [5.74, 6) is -0.141. The SMILES string of the molecule is N#Cc1cnc2ccc(F)cc2c1N1CCC(C(=O)N2CCc3ccccc3C2)CC1. The maximum Gasteiger partial charge on any atom is 0.226 e. The van der Waals surface area contributed by atoms with Gasteiger partial charge in [-0.1, -0.05) is 24.3 Å². The lowest BCUT2D eigenvalue weighted by Gasteiger charge is -2.37. The average molecular weight is 414 g/mol. The van der Waals surface area contributed by atoms with Gasteiger partial charge < -0.3 is 9.80 Å². The maximum atomic E-state index is 13.9. The third-order valence-electron chi connectivity index (χ3n) is 6.52. The largest absolute Gasteiger partial charge is 0.370 e. The zero-order chi connectivity index (χ0) is 21.4. The first-order valence-electron chi connectivity index (χ1n) is 10.7. The lowest BCUT2D eigenvalue weighted by molar-refractivity contribution is -0.137. The number of piperidine rings is 1. The van der Waals surface area contributed by atoms with Crippen LogP contribution in [-0.2, 0) is 17.8 Å². The predicted molar refractivity (Wildman–Crippen MR) is 117 cm³/mol. The van der Waals surface area contributed by atoms with Crippen molar-refractivity contribution in [3.63, 3.8) is 0 Å². The standard InChI is InChI=1S/C25H23FN4O/c26-21-5-6-23-22(13-21)24(20(14-27)15-28-23)29-10-8-18(9-11-29)25(31)30-12-7-17-3-1-2-4-19(17)16-30/h1-6,13,15,18H,7-12,16H2. The Morgan fingerprint density at radius 1 is 1.10 bits per heavy atom. The van der Waals surface area contributed by atoms with Crippen molar-refractivity contribution in [3.8, 4) is 6.07 Å². The van der Waals surface area contributed by atoms with Gasteiger partial charge in [0.15, 0.2) is 0 Å². The summed E-state index contributed by atoms with van der Waals surface area (Å²) in [6.07, 6.45) is 3.90. The molecular weight excluding hydrogens is 391 g/mol. The van der Waals surface area contributed by atoms with Crippen LogP contribution < -0.4 is 4.90 Å². The van der Waals surface area contributed by atoms with Gasteiger partial charge in [0.2, 0.25) is 5.91 Å². The second-order valence-electron chi connectivity index (χ2n) is 8.33. The molecule has 5 rings (SSSR count). The number of rotatable bonds is 2. The van der Waals surface area contributed by atoms with Crippen LogP contribution in [0.1, 0.15) is 29.5 Å². The monoisotopic (exact) mass is 414 g/mol. The molecule has 2 aromatic carbocycles. The van der Waals surface area contributed by atoms with Gasteiger partial charge >= 0.3 is 0 Å². The number of hydrogen-bond donors (Lipinski definition) is 0. The Bertz CT molecular complexity index is 1190. The van der Waals surface area contributed by atoms with E-state index in [-0.39, 0.29) is 17.6 Å². The lowest BCUT2D eigenvalue weighted by atomic mass is 9.92. The van der Waals surface area contributed by atoms with Gasteiger partial charge in [-0.25, -0.2) is 4.39 Å². The number of hydrogen-bond acceptors (Lipinski definition) is 4. The third-order valence-corrected chi connectivity index (χ3v) is 6.52. The van der Waals surface area contributed by atoms with Crippen molar-refractivity contribution in [1.29, 1.82) is 5.26 Å². The van der Waals surface area contributed by atoms with Crippen LogP contribution in [0.25, 0.3) is 10.9 Å². The van der Waals surface area contributed by atoms with E-state index >= 15 is 0 Å². The Hall–Kier alpha value is -3.46. The Labute approximate surface area is 180 Å². The van der Waals surface area contributed by atoms with Crippen LogP contribution in [0, 0.1) is 23.1 Å². The van der Waals surface area contributed by atoms with Crippen molar-refractivity contribution in [3.05, 3.63) is 71.2 Å². The number of halogens is 1. The molecule has 0 radical (unpaired) electrons. The van der Waals surface area contributed by atoms with Crippen molar-refractivity contribution >= 4 is 22.5 Å². The second-order valence-corrected chi connectivity index (χ2v) is 8.33. The first-order valence-corrected chi connectivity index (χ1v) is 10.7. The number of carbonyl (C=O) groups is 1. The van der Waals surface area contributed by atoms with Crippen LogP contribution in [-0.4, -0.2) is 35.4 Å². The second kappa shape index (κ2) is 7.99. The van der Waals surface area contributed by atoms with E-state index in [1.807, 2.05) is 11.0 Å². The number of aromatic nitrogens is 1. The van der Waals surface area contributed by atoms with Gasteiger partial charge in [-0.3, -0.25) is 9.78 Å². The summed E-state index contributed by atoms with van der Waals surface area (Å²) in [4.78, 5) is 21.6.